The Balaban J connectivity index is 1.68. The van der Waals surface area contributed by atoms with Crippen LogP contribution < -0.4 is 5.32 Å². The number of anilines is 1. The van der Waals surface area contributed by atoms with Gasteiger partial charge in [-0.05, 0) is 44.0 Å². The van der Waals surface area contributed by atoms with Gasteiger partial charge in [-0.3, -0.25) is 4.79 Å². The zero-order chi connectivity index (χ0) is 16.9. The molecular formula is C18H18N4O2. The second kappa shape index (κ2) is 7.04. The van der Waals surface area contributed by atoms with Crippen molar-refractivity contribution in [3.8, 4) is 11.5 Å². The van der Waals surface area contributed by atoms with Gasteiger partial charge in [-0.25, -0.2) is 15.0 Å². The van der Waals surface area contributed by atoms with E-state index in [1.807, 2.05) is 38.1 Å². The minimum absolute atomic E-state index is 0.0630. The molecule has 0 spiro atoms. The Morgan fingerprint density at radius 1 is 1.25 bits per heavy atom. The highest BCUT2D eigenvalue weighted by molar-refractivity contribution is 5.91. The number of carbonyl (C=O) groups is 1. The molecule has 0 aliphatic carbocycles. The molecule has 0 atom stereocenters. The highest BCUT2D eigenvalue weighted by Crippen LogP contribution is 2.26. The van der Waals surface area contributed by atoms with Crippen molar-refractivity contribution in [1.82, 2.24) is 15.0 Å². The van der Waals surface area contributed by atoms with Crippen LogP contribution in [0.15, 0.2) is 47.5 Å². The molecule has 0 radical (unpaired) electrons. The SMILES string of the molecule is Cc1coc(-c2cc(NC(=O)CCc3ccncn3)ccc2C)n1. The number of amides is 1. The Morgan fingerprint density at radius 2 is 2.12 bits per heavy atom. The fraction of sp³-hybridized carbons (Fsp3) is 0.222. The molecule has 122 valence electrons. The van der Waals surface area contributed by atoms with Gasteiger partial charge in [0.15, 0.2) is 0 Å². The van der Waals surface area contributed by atoms with Crippen LogP contribution in [-0.2, 0) is 11.2 Å². The van der Waals surface area contributed by atoms with Crippen LogP contribution in [0.4, 0.5) is 5.69 Å². The maximum atomic E-state index is 12.1. The van der Waals surface area contributed by atoms with E-state index in [0.717, 1.165) is 28.2 Å². The van der Waals surface area contributed by atoms with Crippen molar-refractivity contribution in [2.45, 2.75) is 26.7 Å². The molecule has 0 saturated heterocycles. The molecule has 6 heteroatoms. The molecule has 0 unspecified atom stereocenters. The number of benzene rings is 1. The number of rotatable bonds is 5. The second-order valence-corrected chi connectivity index (χ2v) is 5.57. The lowest BCUT2D eigenvalue weighted by atomic mass is 10.1. The van der Waals surface area contributed by atoms with E-state index >= 15 is 0 Å². The van der Waals surface area contributed by atoms with Crippen LogP contribution in [0.25, 0.3) is 11.5 Å². The van der Waals surface area contributed by atoms with Crippen molar-refractivity contribution in [3.05, 3.63) is 60.0 Å². The van der Waals surface area contributed by atoms with Crippen LogP contribution >= 0.6 is 0 Å². The maximum Gasteiger partial charge on any atom is 0.226 e. The smallest absolute Gasteiger partial charge is 0.226 e. The average molecular weight is 322 g/mol. The van der Waals surface area contributed by atoms with Crippen LogP contribution in [-0.4, -0.2) is 20.9 Å². The summed E-state index contributed by atoms with van der Waals surface area (Å²) in [6.45, 7) is 3.86. The first kappa shape index (κ1) is 15.9. The largest absolute Gasteiger partial charge is 0.444 e. The number of hydrogen-bond acceptors (Lipinski definition) is 5. The molecule has 2 aromatic heterocycles. The van der Waals surface area contributed by atoms with Crippen LogP contribution in [0.1, 0.15) is 23.4 Å². The lowest BCUT2D eigenvalue weighted by Crippen LogP contribution is -2.12. The Hall–Kier alpha value is -3.02. The summed E-state index contributed by atoms with van der Waals surface area (Å²) in [5.41, 5.74) is 4.30. The normalized spacial score (nSPS) is 10.6. The minimum Gasteiger partial charge on any atom is -0.444 e. The summed E-state index contributed by atoms with van der Waals surface area (Å²) in [5.74, 6) is 0.495. The fourth-order valence-electron chi connectivity index (χ4n) is 2.34. The third-order valence-electron chi connectivity index (χ3n) is 3.62. The molecule has 6 nitrogen and oxygen atoms in total. The zero-order valence-corrected chi connectivity index (χ0v) is 13.6. The first-order valence-corrected chi connectivity index (χ1v) is 7.70. The molecule has 0 fully saturated rings. The van der Waals surface area contributed by atoms with E-state index in [9.17, 15) is 4.79 Å². The van der Waals surface area contributed by atoms with Crippen molar-refractivity contribution >= 4 is 11.6 Å². The molecule has 24 heavy (non-hydrogen) atoms. The molecule has 2 heterocycles. The summed E-state index contributed by atoms with van der Waals surface area (Å²) in [4.78, 5) is 24.4. The summed E-state index contributed by atoms with van der Waals surface area (Å²) in [6.07, 6.45) is 5.70. The van der Waals surface area contributed by atoms with Gasteiger partial charge in [-0.1, -0.05) is 6.07 Å². The Morgan fingerprint density at radius 3 is 2.83 bits per heavy atom. The van der Waals surface area contributed by atoms with E-state index in [2.05, 4.69) is 20.3 Å². The van der Waals surface area contributed by atoms with Crippen molar-refractivity contribution in [2.24, 2.45) is 0 Å². The van der Waals surface area contributed by atoms with E-state index in [-0.39, 0.29) is 5.91 Å². The second-order valence-electron chi connectivity index (χ2n) is 5.57. The molecule has 0 bridgehead atoms. The van der Waals surface area contributed by atoms with E-state index in [1.165, 1.54) is 6.33 Å². The number of oxazole rings is 1. The van der Waals surface area contributed by atoms with Gasteiger partial charge in [0.25, 0.3) is 0 Å². The molecule has 0 aliphatic heterocycles. The standard InChI is InChI=1S/C18H18N4O2/c1-12-3-4-15(9-16(12)18-21-13(2)10-24-18)22-17(23)6-5-14-7-8-19-11-20-14/h3-4,7-11H,5-6H2,1-2H3,(H,22,23). The van der Waals surface area contributed by atoms with E-state index in [0.29, 0.717) is 18.7 Å². The molecule has 1 amide bonds. The highest BCUT2D eigenvalue weighted by Gasteiger charge is 2.10. The summed E-state index contributed by atoms with van der Waals surface area (Å²) in [7, 11) is 0. The lowest BCUT2D eigenvalue weighted by molar-refractivity contribution is -0.116. The van der Waals surface area contributed by atoms with Crippen molar-refractivity contribution < 1.29 is 9.21 Å². The third-order valence-corrected chi connectivity index (χ3v) is 3.62. The van der Waals surface area contributed by atoms with Gasteiger partial charge in [-0.15, -0.1) is 0 Å². The van der Waals surface area contributed by atoms with Crippen molar-refractivity contribution in [2.75, 3.05) is 5.32 Å². The predicted octanol–water partition coefficient (Wildman–Crippen LogP) is 3.32. The zero-order valence-electron chi connectivity index (χ0n) is 13.6. The quantitative estimate of drug-likeness (QED) is 0.779. The van der Waals surface area contributed by atoms with Gasteiger partial charge < -0.3 is 9.73 Å². The Bertz CT molecular complexity index is 843. The van der Waals surface area contributed by atoms with Gasteiger partial charge >= 0.3 is 0 Å². The third kappa shape index (κ3) is 3.84. The molecule has 3 aromatic rings. The monoisotopic (exact) mass is 322 g/mol. The van der Waals surface area contributed by atoms with E-state index < -0.39 is 0 Å². The van der Waals surface area contributed by atoms with Crippen LogP contribution in [0.2, 0.25) is 0 Å². The fourth-order valence-corrected chi connectivity index (χ4v) is 2.34. The molecule has 0 saturated carbocycles. The summed E-state index contributed by atoms with van der Waals surface area (Å²) in [6, 6.07) is 7.50. The van der Waals surface area contributed by atoms with E-state index in [4.69, 9.17) is 4.42 Å². The van der Waals surface area contributed by atoms with E-state index in [1.54, 1.807) is 12.5 Å². The Labute approximate surface area is 140 Å². The molecular weight excluding hydrogens is 304 g/mol. The predicted molar refractivity (Wildman–Crippen MR) is 90.4 cm³/mol. The summed E-state index contributed by atoms with van der Waals surface area (Å²) >= 11 is 0. The summed E-state index contributed by atoms with van der Waals surface area (Å²) < 4.78 is 5.46. The minimum atomic E-state index is -0.0630. The molecule has 0 aliphatic rings. The number of nitrogens with one attached hydrogen (secondary N) is 1. The summed E-state index contributed by atoms with van der Waals surface area (Å²) in [5, 5.41) is 2.90. The number of aromatic nitrogens is 3. The van der Waals surface area contributed by atoms with Gasteiger partial charge in [0.2, 0.25) is 11.8 Å². The number of hydrogen-bond donors (Lipinski definition) is 1. The number of aryl methyl sites for hydroxylation is 3. The molecule has 1 N–H and O–H groups in total. The topological polar surface area (TPSA) is 80.9 Å². The number of carbonyl (C=O) groups excluding carboxylic acids is 1. The van der Waals surface area contributed by atoms with Gasteiger partial charge in [-0.2, -0.15) is 0 Å². The van der Waals surface area contributed by atoms with Crippen LogP contribution in [0, 0.1) is 13.8 Å². The molecule has 3 rings (SSSR count). The maximum absolute atomic E-state index is 12.1. The van der Waals surface area contributed by atoms with Crippen molar-refractivity contribution in [1.29, 1.82) is 0 Å². The van der Waals surface area contributed by atoms with Crippen molar-refractivity contribution in [3.63, 3.8) is 0 Å². The first-order chi connectivity index (χ1) is 11.6. The average Bonchev–Trinajstić information content (AvgIpc) is 3.02. The lowest BCUT2D eigenvalue weighted by Gasteiger charge is -2.08. The number of nitrogens with zero attached hydrogens (tertiary/aromatic N) is 3. The van der Waals surface area contributed by atoms with Crippen LogP contribution in [0.3, 0.4) is 0 Å². The first-order valence-electron chi connectivity index (χ1n) is 7.70. The highest BCUT2D eigenvalue weighted by atomic mass is 16.3. The van der Waals surface area contributed by atoms with Crippen LogP contribution in [0.5, 0.6) is 0 Å². The van der Waals surface area contributed by atoms with Gasteiger partial charge in [0, 0.05) is 29.6 Å². The van der Waals surface area contributed by atoms with Gasteiger partial charge in [0.05, 0.1) is 5.69 Å². The Kier molecular flexibility index (Phi) is 4.65. The molecule has 1 aromatic carbocycles. The van der Waals surface area contributed by atoms with Gasteiger partial charge in [0.1, 0.15) is 12.6 Å².